The van der Waals surface area contributed by atoms with Gasteiger partial charge in [0.05, 0.1) is 17.8 Å². The summed E-state index contributed by atoms with van der Waals surface area (Å²) in [6, 6.07) is 11.5. The minimum absolute atomic E-state index is 0.342. The van der Waals surface area contributed by atoms with Gasteiger partial charge in [-0.2, -0.15) is 0 Å². The molecule has 0 aliphatic carbocycles. The molecule has 4 nitrogen and oxygen atoms in total. The van der Waals surface area contributed by atoms with Crippen molar-refractivity contribution in [2.75, 3.05) is 18.1 Å². The lowest BCUT2D eigenvalue weighted by Crippen LogP contribution is -2.33. The van der Waals surface area contributed by atoms with Gasteiger partial charge in [0.2, 0.25) is 0 Å². The zero-order chi connectivity index (χ0) is 16.6. The topological polar surface area (TPSA) is 46.6 Å². The van der Waals surface area contributed by atoms with Crippen LogP contribution in [0, 0.1) is 20.8 Å². The third-order valence-corrected chi connectivity index (χ3v) is 3.91. The van der Waals surface area contributed by atoms with E-state index in [1.54, 1.807) is 6.07 Å². The standard InChI is InChI=1S/C19H19NO3/c1-12-4-5-17-16(11-12)18(21)19(22)20(17)6-7-23-15-9-13(2)8-14(3)10-15/h4-5,8-11H,6-7H2,1-3H3. The minimum atomic E-state index is -0.477. The zero-order valence-electron chi connectivity index (χ0n) is 13.6. The molecule has 3 rings (SSSR count). The largest absolute Gasteiger partial charge is 0.492 e. The molecular weight excluding hydrogens is 290 g/mol. The van der Waals surface area contributed by atoms with Crippen LogP contribution in [0.5, 0.6) is 5.75 Å². The van der Waals surface area contributed by atoms with E-state index in [-0.39, 0.29) is 0 Å². The van der Waals surface area contributed by atoms with Gasteiger partial charge in [-0.3, -0.25) is 9.59 Å². The van der Waals surface area contributed by atoms with Crippen LogP contribution in [0.2, 0.25) is 0 Å². The van der Waals surface area contributed by atoms with Gasteiger partial charge in [0, 0.05) is 0 Å². The Morgan fingerprint density at radius 1 is 0.913 bits per heavy atom. The fraction of sp³-hybridized carbons (Fsp3) is 0.263. The highest BCUT2D eigenvalue weighted by Gasteiger charge is 2.35. The van der Waals surface area contributed by atoms with E-state index in [2.05, 4.69) is 6.07 Å². The van der Waals surface area contributed by atoms with Crippen molar-refractivity contribution in [3.63, 3.8) is 0 Å². The maximum Gasteiger partial charge on any atom is 0.299 e. The minimum Gasteiger partial charge on any atom is -0.492 e. The van der Waals surface area contributed by atoms with Crippen molar-refractivity contribution in [3.8, 4) is 5.75 Å². The predicted octanol–water partition coefficient (Wildman–Crippen LogP) is 3.22. The van der Waals surface area contributed by atoms with E-state index in [0.29, 0.717) is 24.4 Å². The fourth-order valence-corrected chi connectivity index (χ4v) is 2.91. The molecule has 0 N–H and O–H groups in total. The van der Waals surface area contributed by atoms with Gasteiger partial charge in [-0.25, -0.2) is 0 Å². The van der Waals surface area contributed by atoms with Gasteiger partial charge in [0.1, 0.15) is 12.4 Å². The summed E-state index contributed by atoms with van der Waals surface area (Å²) >= 11 is 0. The van der Waals surface area contributed by atoms with Crippen LogP contribution in [0.25, 0.3) is 0 Å². The molecule has 0 saturated heterocycles. The molecule has 0 fully saturated rings. The van der Waals surface area contributed by atoms with Crippen LogP contribution in [0.1, 0.15) is 27.0 Å². The number of rotatable bonds is 4. The first-order chi connectivity index (χ1) is 11.0. The molecule has 0 unspecified atom stereocenters. The van der Waals surface area contributed by atoms with Crippen molar-refractivity contribution in [2.24, 2.45) is 0 Å². The van der Waals surface area contributed by atoms with Crippen LogP contribution in [0.15, 0.2) is 36.4 Å². The van der Waals surface area contributed by atoms with Crippen molar-refractivity contribution in [3.05, 3.63) is 58.7 Å². The van der Waals surface area contributed by atoms with Crippen LogP contribution in [0.4, 0.5) is 5.69 Å². The van der Waals surface area contributed by atoms with Crippen molar-refractivity contribution in [2.45, 2.75) is 20.8 Å². The van der Waals surface area contributed by atoms with E-state index in [9.17, 15) is 9.59 Å². The van der Waals surface area contributed by atoms with Crippen LogP contribution in [-0.2, 0) is 4.79 Å². The molecule has 0 radical (unpaired) electrons. The maximum atomic E-state index is 12.1. The lowest BCUT2D eigenvalue weighted by Gasteiger charge is -2.17. The first kappa shape index (κ1) is 15.3. The summed E-state index contributed by atoms with van der Waals surface area (Å²) in [5.74, 6) is -0.130. The Bertz CT molecular complexity index is 775. The third-order valence-electron chi connectivity index (χ3n) is 3.91. The Kier molecular flexibility index (Phi) is 3.90. The van der Waals surface area contributed by atoms with E-state index >= 15 is 0 Å². The maximum absolute atomic E-state index is 12.1. The smallest absolute Gasteiger partial charge is 0.299 e. The number of aryl methyl sites for hydroxylation is 3. The quantitative estimate of drug-likeness (QED) is 0.815. The number of ether oxygens (including phenoxy) is 1. The highest BCUT2D eigenvalue weighted by Crippen LogP contribution is 2.29. The van der Waals surface area contributed by atoms with Gasteiger partial charge in [-0.1, -0.05) is 17.7 Å². The van der Waals surface area contributed by atoms with Crippen LogP contribution in [0.3, 0.4) is 0 Å². The number of hydrogen-bond acceptors (Lipinski definition) is 3. The second kappa shape index (κ2) is 5.88. The SMILES string of the molecule is Cc1cc(C)cc(OCCN2C(=O)C(=O)c3cc(C)ccc32)c1. The third kappa shape index (κ3) is 2.97. The number of fused-ring (bicyclic) bond motifs is 1. The van der Waals surface area contributed by atoms with Gasteiger partial charge in [-0.05, 0) is 56.2 Å². The van der Waals surface area contributed by atoms with E-state index in [1.165, 1.54) is 4.90 Å². The molecule has 0 atom stereocenters. The van der Waals surface area contributed by atoms with E-state index in [0.717, 1.165) is 22.4 Å². The van der Waals surface area contributed by atoms with Crippen LogP contribution >= 0.6 is 0 Å². The Labute approximate surface area is 135 Å². The summed E-state index contributed by atoms with van der Waals surface area (Å²) in [5.41, 5.74) is 4.40. The lowest BCUT2D eigenvalue weighted by atomic mass is 10.1. The number of nitrogens with zero attached hydrogens (tertiary/aromatic N) is 1. The molecule has 4 heteroatoms. The Morgan fingerprint density at radius 3 is 2.30 bits per heavy atom. The first-order valence-corrected chi connectivity index (χ1v) is 7.63. The molecule has 0 bridgehead atoms. The number of hydrogen-bond donors (Lipinski definition) is 0. The first-order valence-electron chi connectivity index (χ1n) is 7.63. The van der Waals surface area contributed by atoms with Gasteiger partial charge in [0.25, 0.3) is 11.7 Å². The monoisotopic (exact) mass is 309 g/mol. The highest BCUT2D eigenvalue weighted by atomic mass is 16.5. The lowest BCUT2D eigenvalue weighted by molar-refractivity contribution is -0.114. The van der Waals surface area contributed by atoms with E-state index < -0.39 is 11.7 Å². The number of ketones is 1. The van der Waals surface area contributed by atoms with Gasteiger partial charge in [0.15, 0.2) is 0 Å². The summed E-state index contributed by atoms with van der Waals surface area (Å²) in [6.07, 6.45) is 0. The van der Waals surface area contributed by atoms with Crippen LogP contribution in [-0.4, -0.2) is 24.8 Å². The molecule has 0 aromatic heterocycles. The summed E-state index contributed by atoms with van der Waals surface area (Å²) in [5, 5.41) is 0. The summed E-state index contributed by atoms with van der Waals surface area (Å²) < 4.78 is 5.75. The Balaban J connectivity index is 1.72. The van der Waals surface area contributed by atoms with Crippen molar-refractivity contribution in [1.82, 2.24) is 0 Å². The molecule has 0 spiro atoms. The number of carbonyl (C=O) groups is 2. The average molecular weight is 309 g/mol. The molecule has 1 aliphatic heterocycles. The molecular formula is C19H19NO3. The highest BCUT2D eigenvalue weighted by molar-refractivity contribution is 6.52. The molecule has 23 heavy (non-hydrogen) atoms. The van der Waals surface area contributed by atoms with Crippen molar-refractivity contribution in [1.29, 1.82) is 0 Å². The van der Waals surface area contributed by atoms with Crippen LogP contribution < -0.4 is 9.64 Å². The number of amides is 1. The fourth-order valence-electron chi connectivity index (χ4n) is 2.91. The number of benzene rings is 2. The zero-order valence-corrected chi connectivity index (χ0v) is 13.6. The number of carbonyl (C=O) groups excluding carboxylic acids is 2. The molecule has 1 heterocycles. The second-order valence-corrected chi connectivity index (χ2v) is 5.98. The van der Waals surface area contributed by atoms with Crippen molar-refractivity contribution >= 4 is 17.4 Å². The second-order valence-electron chi connectivity index (χ2n) is 5.98. The molecule has 1 aliphatic rings. The Hall–Kier alpha value is -2.62. The summed E-state index contributed by atoms with van der Waals surface area (Å²) in [7, 11) is 0. The summed E-state index contributed by atoms with van der Waals surface area (Å²) in [6.45, 7) is 6.63. The van der Waals surface area contributed by atoms with E-state index in [4.69, 9.17) is 4.74 Å². The predicted molar refractivity (Wildman–Crippen MR) is 89.3 cm³/mol. The van der Waals surface area contributed by atoms with Gasteiger partial charge >= 0.3 is 0 Å². The average Bonchev–Trinajstić information content (AvgIpc) is 2.71. The number of anilines is 1. The molecule has 1 amide bonds. The number of Topliss-reactive ketones (excluding diaryl/α,β-unsaturated/α-hetero) is 1. The normalized spacial score (nSPS) is 13.4. The summed E-state index contributed by atoms with van der Waals surface area (Å²) in [4.78, 5) is 25.7. The van der Waals surface area contributed by atoms with Crippen molar-refractivity contribution < 1.29 is 14.3 Å². The van der Waals surface area contributed by atoms with Gasteiger partial charge < -0.3 is 9.64 Å². The van der Waals surface area contributed by atoms with Gasteiger partial charge in [-0.15, -0.1) is 0 Å². The molecule has 118 valence electrons. The van der Waals surface area contributed by atoms with E-state index in [1.807, 2.05) is 45.0 Å². The molecule has 2 aromatic rings. The Morgan fingerprint density at radius 2 is 1.61 bits per heavy atom. The molecule has 2 aromatic carbocycles. The molecule has 0 saturated carbocycles.